The van der Waals surface area contributed by atoms with E-state index in [9.17, 15) is 4.79 Å². The highest BCUT2D eigenvalue weighted by atomic mass is 35.6. The molecule has 1 aromatic carbocycles. The fourth-order valence-corrected chi connectivity index (χ4v) is 2.67. The van der Waals surface area contributed by atoms with Crippen molar-refractivity contribution in [1.82, 2.24) is 10.6 Å². The van der Waals surface area contributed by atoms with Crippen molar-refractivity contribution in [3.63, 3.8) is 0 Å². The molecule has 3 N–H and O–H groups in total. The van der Waals surface area contributed by atoms with Gasteiger partial charge >= 0.3 is 0 Å². The zero-order valence-electron chi connectivity index (χ0n) is 13.8. The minimum atomic E-state index is -1.76. The lowest BCUT2D eigenvalue weighted by Crippen LogP contribution is -2.56. The molecule has 0 aliphatic heterocycles. The van der Waals surface area contributed by atoms with E-state index in [-0.39, 0.29) is 11.0 Å². The molecule has 0 fully saturated rings. The summed E-state index contributed by atoms with van der Waals surface area (Å²) in [6.45, 7) is 2.11. The summed E-state index contributed by atoms with van der Waals surface area (Å²) in [4.78, 5) is 12.0. The molecule has 0 bridgehead atoms. The first-order chi connectivity index (χ1) is 11.7. The van der Waals surface area contributed by atoms with Crippen molar-refractivity contribution in [2.24, 2.45) is 0 Å². The molecule has 1 rings (SSSR count). The van der Waals surface area contributed by atoms with Crippen molar-refractivity contribution in [3.05, 3.63) is 29.3 Å². The van der Waals surface area contributed by atoms with Crippen LogP contribution >= 0.6 is 58.6 Å². The summed E-state index contributed by atoms with van der Waals surface area (Å²) in [6, 6.07) is 6.95. The number of hydrogen-bond acceptors (Lipinski definition) is 2. The summed E-state index contributed by atoms with van der Waals surface area (Å²) < 4.78 is -1.76. The summed E-state index contributed by atoms with van der Waals surface area (Å²) >= 11 is 28.9. The van der Waals surface area contributed by atoms with Gasteiger partial charge in [-0.05, 0) is 42.9 Å². The first kappa shape index (κ1) is 22.6. The molecule has 4 nitrogen and oxygen atoms in total. The molecule has 0 radical (unpaired) electrons. The van der Waals surface area contributed by atoms with Gasteiger partial charge in [0.15, 0.2) is 5.11 Å². The maximum absolute atomic E-state index is 12.0. The average Bonchev–Trinajstić information content (AvgIpc) is 2.52. The Morgan fingerprint density at radius 1 is 1.12 bits per heavy atom. The van der Waals surface area contributed by atoms with Crippen LogP contribution in [0.15, 0.2) is 24.3 Å². The molecule has 0 spiro atoms. The van der Waals surface area contributed by atoms with Crippen molar-refractivity contribution in [2.45, 2.75) is 49.0 Å². The Morgan fingerprint density at radius 2 is 1.76 bits per heavy atom. The quantitative estimate of drug-likeness (QED) is 0.217. The minimum Gasteiger partial charge on any atom is -0.339 e. The summed E-state index contributed by atoms with van der Waals surface area (Å²) in [5.41, 5.74) is 0.718. The highest BCUT2D eigenvalue weighted by Crippen LogP contribution is 2.29. The third-order valence-electron chi connectivity index (χ3n) is 3.27. The highest BCUT2D eigenvalue weighted by molar-refractivity contribution is 7.80. The number of halogens is 4. The van der Waals surface area contributed by atoms with E-state index in [1.807, 2.05) is 0 Å². The zero-order valence-corrected chi connectivity index (χ0v) is 17.6. The Bertz CT molecular complexity index is 563. The van der Waals surface area contributed by atoms with E-state index in [1.165, 1.54) is 0 Å². The second-order valence-corrected chi connectivity index (χ2v) is 8.67. The Labute approximate surface area is 173 Å². The second kappa shape index (κ2) is 11.3. The number of alkyl halides is 3. The largest absolute Gasteiger partial charge is 0.339 e. The minimum absolute atomic E-state index is 0.200. The number of carbonyl (C=O) groups is 1. The molecule has 0 heterocycles. The van der Waals surface area contributed by atoms with E-state index in [1.54, 1.807) is 24.3 Å². The SMILES string of the molecule is CCCCCCC(=O)N[C@@H](NC(=S)Nc1ccc(Cl)cc1)C(Cl)(Cl)Cl. The lowest BCUT2D eigenvalue weighted by molar-refractivity contribution is -0.122. The summed E-state index contributed by atoms with van der Waals surface area (Å²) in [5.74, 6) is -0.200. The summed E-state index contributed by atoms with van der Waals surface area (Å²) in [6.07, 6.45) is 3.39. The van der Waals surface area contributed by atoms with E-state index < -0.39 is 9.96 Å². The van der Waals surface area contributed by atoms with E-state index in [4.69, 9.17) is 58.6 Å². The first-order valence-electron chi connectivity index (χ1n) is 7.91. The summed E-state index contributed by atoms with van der Waals surface area (Å²) in [7, 11) is 0. The number of anilines is 1. The molecule has 0 aromatic heterocycles. The predicted octanol–water partition coefficient (Wildman–Crippen LogP) is 5.41. The Kier molecular flexibility index (Phi) is 10.2. The van der Waals surface area contributed by atoms with Crippen LogP contribution in [0.5, 0.6) is 0 Å². The van der Waals surface area contributed by atoms with Gasteiger partial charge in [0.2, 0.25) is 9.70 Å². The van der Waals surface area contributed by atoms with Gasteiger partial charge in [0.1, 0.15) is 6.17 Å². The normalized spacial score (nSPS) is 12.4. The van der Waals surface area contributed by atoms with Crippen LogP contribution < -0.4 is 16.0 Å². The smallest absolute Gasteiger partial charge is 0.228 e. The van der Waals surface area contributed by atoms with Crippen LogP contribution in [0.2, 0.25) is 5.02 Å². The second-order valence-electron chi connectivity index (χ2n) is 5.46. The van der Waals surface area contributed by atoms with Crippen LogP contribution in [0, 0.1) is 0 Å². The molecule has 0 saturated heterocycles. The number of rotatable bonds is 8. The number of unbranched alkanes of at least 4 members (excludes halogenated alkanes) is 3. The number of benzene rings is 1. The van der Waals surface area contributed by atoms with Gasteiger partial charge in [-0.3, -0.25) is 4.79 Å². The monoisotopic (exact) mass is 443 g/mol. The van der Waals surface area contributed by atoms with Gasteiger partial charge in [-0.2, -0.15) is 0 Å². The third kappa shape index (κ3) is 9.71. The van der Waals surface area contributed by atoms with Gasteiger partial charge in [-0.1, -0.05) is 72.6 Å². The van der Waals surface area contributed by atoms with Crippen molar-refractivity contribution in [1.29, 1.82) is 0 Å². The van der Waals surface area contributed by atoms with Crippen molar-refractivity contribution >= 4 is 75.3 Å². The van der Waals surface area contributed by atoms with Gasteiger partial charge in [-0.25, -0.2) is 0 Å². The molecule has 9 heteroatoms. The Morgan fingerprint density at radius 3 is 2.32 bits per heavy atom. The Hall–Kier alpha value is -0.460. The lowest BCUT2D eigenvalue weighted by atomic mass is 10.1. The van der Waals surface area contributed by atoms with Crippen molar-refractivity contribution < 1.29 is 4.79 Å². The molecule has 1 aromatic rings. The number of hydrogen-bond donors (Lipinski definition) is 3. The molecule has 1 amide bonds. The van der Waals surface area contributed by atoms with E-state index in [0.29, 0.717) is 11.4 Å². The maximum Gasteiger partial charge on any atom is 0.228 e. The zero-order chi connectivity index (χ0) is 18.9. The molecule has 0 unspecified atom stereocenters. The molecule has 140 valence electrons. The number of thiocarbonyl (C=S) groups is 1. The summed E-state index contributed by atoms with van der Waals surface area (Å²) in [5, 5.41) is 9.24. The van der Waals surface area contributed by atoms with Crippen LogP contribution in [0.3, 0.4) is 0 Å². The molecule has 0 saturated carbocycles. The molecular formula is C16H21Cl4N3OS. The number of amides is 1. The fraction of sp³-hybridized carbons (Fsp3) is 0.500. The number of nitrogens with one attached hydrogen (secondary N) is 3. The fourth-order valence-electron chi connectivity index (χ4n) is 1.98. The van der Waals surface area contributed by atoms with Gasteiger partial charge in [0, 0.05) is 17.1 Å². The maximum atomic E-state index is 12.0. The van der Waals surface area contributed by atoms with E-state index in [2.05, 4.69) is 22.9 Å². The molecular weight excluding hydrogens is 424 g/mol. The average molecular weight is 445 g/mol. The van der Waals surface area contributed by atoms with Crippen LogP contribution in [-0.4, -0.2) is 21.0 Å². The molecule has 1 atom stereocenters. The van der Waals surface area contributed by atoms with Gasteiger partial charge in [0.25, 0.3) is 0 Å². The van der Waals surface area contributed by atoms with Crippen molar-refractivity contribution in [2.75, 3.05) is 5.32 Å². The van der Waals surface area contributed by atoms with Crippen LogP contribution in [0.4, 0.5) is 5.69 Å². The van der Waals surface area contributed by atoms with Crippen LogP contribution in [0.25, 0.3) is 0 Å². The van der Waals surface area contributed by atoms with E-state index in [0.717, 1.165) is 31.4 Å². The van der Waals surface area contributed by atoms with Crippen LogP contribution in [-0.2, 0) is 4.79 Å². The predicted molar refractivity (Wildman–Crippen MR) is 112 cm³/mol. The number of carbonyl (C=O) groups excluding carboxylic acids is 1. The molecule has 25 heavy (non-hydrogen) atoms. The topological polar surface area (TPSA) is 53.2 Å². The lowest BCUT2D eigenvalue weighted by Gasteiger charge is -2.27. The molecule has 0 aliphatic rings. The van der Waals surface area contributed by atoms with E-state index >= 15 is 0 Å². The van der Waals surface area contributed by atoms with Gasteiger partial charge in [-0.15, -0.1) is 0 Å². The highest BCUT2D eigenvalue weighted by Gasteiger charge is 2.34. The van der Waals surface area contributed by atoms with Gasteiger partial charge < -0.3 is 16.0 Å². The Balaban J connectivity index is 2.56. The van der Waals surface area contributed by atoms with Crippen molar-refractivity contribution in [3.8, 4) is 0 Å². The third-order valence-corrected chi connectivity index (χ3v) is 4.39. The van der Waals surface area contributed by atoms with Gasteiger partial charge in [0.05, 0.1) is 0 Å². The molecule has 0 aliphatic carbocycles. The standard InChI is InChI=1S/C16H21Cl4N3OS/c1-2-3-4-5-6-13(24)22-14(16(18,19)20)23-15(25)21-12-9-7-11(17)8-10-12/h7-10,14H,2-6H2,1H3,(H,22,24)(H2,21,23,25)/t14-/m0/s1. The first-order valence-corrected chi connectivity index (χ1v) is 9.83. The van der Waals surface area contributed by atoms with Crippen LogP contribution in [0.1, 0.15) is 39.0 Å².